The maximum atomic E-state index is 10.1. The second-order valence-corrected chi connectivity index (χ2v) is 2.41. The molecule has 11 heavy (non-hydrogen) atoms. The summed E-state index contributed by atoms with van der Waals surface area (Å²) in [5.41, 5.74) is 0. The number of ether oxygens (including phenoxy) is 1. The van der Waals surface area contributed by atoms with Gasteiger partial charge in [-0.3, -0.25) is 0 Å². The van der Waals surface area contributed by atoms with Gasteiger partial charge in [0.1, 0.15) is 0 Å². The molecule has 0 aromatic heterocycles. The van der Waals surface area contributed by atoms with Crippen LogP contribution in [0, 0.1) is 0 Å². The summed E-state index contributed by atoms with van der Waals surface area (Å²) in [6, 6.07) is 0.125. The van der Waals surface area contributed by atoms with E-state index in [2.05, 4.69) is 10.6 Å². The molecular formula is C6H12N2O3. The van der Waals surface area contributed by atoms with E-state index in [4.69, 9.17) is 9.84 Å². The Morgan fingerprint density at radius 2 is 2.64 bits per heavy atom. The third-order valence-corrected chi connectivity index (χ3v) is 1.50. The van der Waals surface area contributed by atoms with Crippen molar-refractivity contribution in [2.45, 2.75) is 6.04 Å². The zero-order chi connectivity index (χ0) is 8.10. The summed E-state index contributed by atoms with van der Waals surface area (Å²) in [6.45, 7) is 2.51. The number of nitrogens with one attached hydrogen (secondary N) is 2. The Hall–Kier alpha value is -0.810. The van der Waals surface area contributed by atoms with Crippen molar-refractivity contribution in [3.05, 3.63) is 0 Å². The van der Waals surface area contributed by atoms with Crippen LogP contribution >= 0.6 is 0 Å². The predicted octanol–water partition coefficient (Wildman–Crippen LogP) is -0.758. The molecule has 3 N–H and O–H groups in total. The van der Waals surface area contributed by atoms with E-state index in [9.17, 15) is 4.79 Å². The lowest BCUT2D eigenvalue weighted by atomic mass is 10.3. The smallest absolute Gasteiger partial charge is 0.404 e. The normalized spacial score (nSPS) is 24.5. The highest BCUT2D eigenvalue weighted by atomic mass is 16.5. The van der Waals surface area contributed by atoms with Crippen LogP contribution in [0.5, 0.6) is 0 Å². The van der Waals surface area contributed by atoms with Crippen LogP contribution in [0.4, 0.5) is 4.79 Å². The second-order valence-electron chi connectivity index (χ2n) is 2.41. The summed E-state index contributed by atoms with van der Waals surface area (Å²) < 4.78 is 5.12. The number of amides is 1. The van der Waals surface area contributed by atoms with Crippen LogP contribution in [0.1, 0.15) is 0 Å². The Morgan fingerprint density at radius 1 is 1.82 bits per heavy atom. The Balaban J connectivity index is 2.09. The van der Waals surface area contributed by atoms with E-state index >= 15 is 0 Å². The van der Waals surface area contributed by atoms with Crippen molar-refractivity contribution in [3.63, 3.8) is 0 Å². The number of morpholine rings is 1. The average Bonchev–Trinajstić information content (AvgIpc) is 2.03. The van der Waals surface area contributed by atoms with Crippen molar-refractivity contribution in [2.24, 2.45) is 0 Å². The first kappa shape index (κ1) is 8.29. The third kappa shape index (κ3) is 3.20. The maximum Gasteiger partial charge on any atom is 0.404 e. The molecular weight excluding hydrogens is 148 g/mol. The van der Waals surface area contributed by atoms with Crippen molar-refractivity contribution in [1.29, 1.82) is 0 Å². The fourth-order valence-electron chi connectivity index (χ4n) is 0.961. The fourth-order valence-corrected chi connectivity index (χ4v) is 0.961. The van der Waals surface area contributed by atoms with Crippen LogP contribution in [0.2, 0.25) is 0 Å². The maximum absolute atomic E-state index is 10.1. The molecule has 1 aliphatic heterocycles. The second kappa shape index (κ2) is 4.15. The molecule has 0 unspecified atom stereocenters. The quantitative estimate of drug-likeness (QED) is 0.496. The molecule has 1 rings (SSSR count). The summed E-state index contributed by atoms with van der Waals surface area (Å²) >= 11 is 0. The minimum Gasteiger partial charge on any atom is -0.465 e. The van der Waals surface area contributed by atoms with E-state index in [0.717, 1.165) is 6.54 Å². The topological polar surface area (TPSA) is 70.6 Å². The number of carbonyl (C=O) groups is 1. The van der Waals surface area contributed by atoms with Gasteiger partial charge in [0.15, 0.2) is 0 Å². The van der Waals surface area contributed by atoms with E-state index in [0.29, 0.717) is 19.8 Å². The molecule has 0 radical (unpaired) electrons. The first-order valence-corrected chi connectivity index (χ1v) is 3.57. The van der Waals surface area contributed by atoms with Crippen LogP contribution in [0.15, 0.2) is 0 Å². The van der Waals surface area contributed by atoms with E-state index < -0.39 is 6.09 Å². The van der Waals surface area contributed by atoms with Crippen molar-refractivity contribution in [1.82, 2.24) is 10.6 Å². The lowest BCUT2D eigenvalue weighted by Gasteiger charge is -2.23. The highest BCUT2D eigenvalue weighted by molar-refractivity contribution is 5.64. The van der Waals surface area contributed by atoms with Gasteiger partial charge in [-0.05, 0) is 0 Å². The highest BCUT2D eigenvalue weighted by Gasteiger charge is 2.12. The molecule has 1 aliphatic rings. The van der Waals surface area contributed by atoms with Gasteiger partial charge in [0, 0.05) is 19.1 Å². The molecule has 1 fully saturated rings. The predicted molar refractivity (Wildman–Crippen MR) is 38.6 cm³/mol. The van der Waals surface area contributed by atoms with Crippen molar-refractivity contribution >= 4 is 6.09 Å². The summed E-state index contributed by atoms with van der Waals surface area (Å²) in [5.74, 6) is 0. The van der Waals surface area contributed by atoms with Gasteiger partial charge in [-0.1, -0.05) is 0 Å². The minimum absolute atomic E-state index is 0.125. The molecule has 5 nitrogen and oxygen atoms in total. The Morgan fingerprint density at radius 3 is 3.18 bits per heavy atom. The Labute approximate surface area is 64.7 Å². The number of carboxylic acid groups (broad SMARTS) is 1. The van der Waals surface area contributed by atoms with Crippen molar-refractivity contribution < 1.29 is 14.6 Å². The minimum atomic E-state index is -0.989. The monoisotopic (exact) mass is 160 g/mol. The van der Waals surface area contributed by atoms with Crippen LogP contribution in [-0.2, 0) is 4.74 Å². The lowest BCUT2D eigenvalue weighted by molar-refractivity contribution is 0.0765. The van der Waals surface area contributed by atoms with E-state index in [1.54, 1.807) is 0 Å². The number of hydrogen-bond acceptors (Lipinski definition) is 3. The first-order valence-electron chi connectivity index (χ1n) is 3.57. The van der Waals surface area contributed by atoms with Gasteiger partial charge in [0.05, 0.1) is 13.2 Å². The molecule has 1 amide bonds. The van der Waals surface area contributed by atoms with Crippen LogP contribution in [0.3, 0.4) is 0 Å². The van der Waals surface area contributed by atoms with E-state index in [-0.39, 0.29) is 6.04 Å². The molecule has 64 valence electrons. The summed E-state index contributed by atoms with van der Waals surface area (Å²) in [4.78, 5) is 10.1. The zero-order valence-electron chi connectivity index (χ0n) is 6.17. The average molecular weight is 160 g/mol. The fraction of sp³-hybridized carbons (Fsp3) is 0.833. The molecule has 1 heterocycles. The van der Waals surface area contributed by atoms with Crippen molar-refractivity contribution in [2.75, 3.05) is 26.3 Å². The van der Waals surface area contributed by atoms with Gasteiger partial charge < -0.3 is 20.5 Å². The molecule has 0 saturated carbocycles. The van der Waals surface area contributed by atoms with Crippen LogP contribution in [0.25, 0.3) is 0 Å². The molecule has 1 atom stereocenters. The summed E-state index contributed by atoms with van der Waals surface area (Å²) in [6.07, 6.45) is -0.989. The van der Waals surface area contributed by atoms with Gasteiger partial charge in [0.2, 0.25) is 0 Å². The molecule has 5 heteroatoms. The summed E-state index contributed by atoms with van der Waals surface area (Å²) in [5, 5.41) is 13.7. The largest absolute Gasteiger partial charge is 0.465 e. The standard InChI is InChI=1S/C6H12N2O3/c9-6(10)8-3-5-4-11-2-1-7-5/h5,7-8H,1-4H2,(H,9,10)/t5-/m0/s1. The third-order valence-electron chi connectivity index (χ3n) is 1.50. The molecule has 0 aromatic rings. The van der Waals surface area contributed by atoms with Crippen LogP contribution in [-0.4, -0.2) is 43.5 Å². The Kier molecular flexibility index (Phi) is 3.13. The molecule has 0 aromatic carbocycles. The Bertz CT molecular complexity index is 134. The SMILES string of the molecule is O=C(O)NC[C@H]1COCCN1. The molecule has 0 bridgehead atoms. The summed E-state index contributed by atoms with van der Waals surface area (Å²) in [7, 11) is 0. The van der Waals surface area contributed by atoms with Gasteiger partial charge in [0.25, 0.3) is 0 Å². The van der Waals surface area contributed by atoms with Gasteiger partial charge in [-0.2, -0.15) is 0 Å². The first-order chi connectivity index (χ1) is 5.29. The van der Waals surface area contributed by atoms with Crippen LogP contribution < -0.4 is 10.6 Å². The lowest BCUT2D eigenvalue weighted by Crippen LogP contribution is -2.48. The number of hydrogen-bond donors (Lipinski definition) is 3. The van der Waals surface area contributed by atoms with E-state index in [1.807, 2.05) is 0 Å². The molecule has 0 spiro atoms. The number of rotatable bonds is 2. The van der Waals surface area contributed by atoms with Gasteiger partial charge >= 0.3 is 6.09 Å². The van der Waals surface area contributed by atoms with Gasteiger partial charge in [-0.15, -0.1) is 0 Å². The molecule has 1 saturated heterocycles. The highest BCUT2D eigenvalue weighted by Crippen LogP contribution is 1.90. The van der Waals surface area contributed by atoms with Gasteiger partial charge in [-0.25, -0.2) is 4.79 Å². The zero-order valence-corrected chi connectivity index (χ0v) is 6.17. The van der Waals surface area contributed by atoms with Crippen molar-refractivity contribution in [3.8, 4) is 0 Å². The molecule has 0 aliphatic carbocycles. The van der Waals surface area contributed by atoms with E-state index in [1.165, 1.54) is 0 Å².